The van der Waals surface area contributed by atoms with Crippen molar-refractivity contribution in [2.45, 2.75) is 12.6 Å². The first-order valence-electron chi connectivity index (χ1n) is 5.67. The monoisotopic (exact) mass is 294 g/mol. The average molecular weight is 295 g/mol. The molecule has 0 spiro atoms. The molecular formula is C12H17Cl2FN2O. The Bertz CT molecular complexity index is 392. The van der Waals surface area contributed by atoms with Gasteiger partial charge in [0.05, 0.1) is 12.7 Å². The topological polar surface area (TPSA) is 38.5 Å². The first-order valence-corrected chi connectivity index (χ1v) is 6.05. The van der Waals surface area contributed by atoms with E-state index in [4.69, 9.17) is 22.1 Å². The third-order valence-corrected chi connectivity index (χ3v) is 3.13. The summed E-state index contributed by atoms with van der Waals surface area (Å²) >= 11 is 5.72. The van der Waals surface area contributed by atoms with Crippen molar-refractivity contribution in [1.82, 2.24) is 4.90 Å². The zero-order chi connectivity index (χ0) is 12.3. The van der Waals surface area contributed by atoms with Gasteiger partial charge in [-0.15, -0.1) is 12.4 Å². The highest BCUT2D eigenvalue weighted by atomic mass is 35.5. The quantitative estimate of drug-likeness (QED) is 0.927. The molecule has 1 aliphatic rings. The normalized spacial score (nSPS) is 20.5. The van der Waals surface area contributed by atoms with E-state index in [2.05, 4.69) is 4.90 Å². The van der Waals surface area contributed by atoms with Crippen LogP contribution in [0.1, 0.15) is 5.56 Å². The zero-order valence-electron chi connectivity index (χ0n) is 9.94. The van der Waals surface area contributed by atoms with Gasteiger partial charge >= 0.3 is 0 Å². The van der Waals surface area contributed by atoms with Gasteiger partial charge in [0.1, 0.15) is 5.82 Å². The molecule has 6 heteroatoms. The van der Waals surface area contributed by atoms with Crippen LogP contribution in [0.2, 0.25) is 5.02 Å². The number of ether oxygens (including phenoxy) is 1. The maximum absolute atomic E-state index is 13.6. The van der Waals surface area contributed by atoms with Crippen LogP contribution >= 0.6 is 24.0 Å². The number of halogens is 3. The Kier molecular flexibility index (Phi) is 6.32. The minimum Gasteiger partial charge on any atom is -0.374 e. The lowest BCUT2D eigenvalue weighted by Gasteiger charge is -2.32. The summed E-state index contributed by atoms with van der Waals surface area (Å²) in [4.78, 5) is 2.15. The number of hydrogen-bond donors (Lipinski definition) is 1. The van der Waals surface area contributed by atoms with Gasteiger partial charge in [-0.2, -0.15) is 0 Å². The van der Waals surface area contributed by atoms with Crippen LogP contribution in [0.3, 0.4) is 0 Å². The molecule has 1 aliphatic heterocycles. The fraction of sp³-hybridized carbons (Fsp3) is 0.500. The lowest BCUT2D eigenvalue weighted by Crippen LogP contribution is -2.45. The zero-order valence-corrected chi connectivity index (χ0v) is 11.5. The van der Waals surface area contributed by atoms with Crippen LogP contribution in [0.5, 0.6) is 0 Å². The lowest BCUT2D eigenvalue weighted by molar-refractivity contribution is -0.0263. The molecule has 1 saturated heterocycles. The van der Waals surface area contributed by atoms with Gasteiger partial charge in [-0.05, 0) is 12.1 Å². The molecule has 1 unspecified atom stereocenters. The van der Waals surface area contributed by atoms with Crippen LogP contribution in [-0.4, -0.2) is 37.2 Å². The Morgan fingerprint density at radius 2 is 2.28 bits per heavy atom. The van der Waals surface area contributed by atoms with E-state index in [-0.39, 0.29) is 24.3 Å². The second-order valence-corrected chi connectivity index (χ2v) is 4.64. The van der Waals surface area contributed by atoms with Crippen molar-refractivity contribution >= 4 is 24.0 Å². The predicted octanol–water partition coefficient (Wildman–Crippen LogP) is 2.06. The Hall–Kier alpha value is -0.390. The van der Waals surface area contributed by atoms with Crippen molar-refractivity contribution in [2.24, 2.45) is 5.73 Å². The van der Waals surface area contributed by atoms with E-state index in [1.807, 2.05) is 0 Å². The highest BCUT2D eigenvalue weighted by Gasteiger charge is 2.20. The Labute approximate surface area is 117 Å². The van der Waals surface area contributed by atoms with Gasteiger partial charge < -0.3 is 10.5 Å². The van der Waals surface area contributed by atoms with Crippen LogP contribution < -0.4 is 5.73 Å². The van der Waals surface area contributed by atoms with E-state index in [0.29, 0.717) is 30.3 Å². The molecule has 1 fully saturated rings. The van der Waals surface area contributed by atoms with Crippen LogP contribution in [0.4, 0.5) is 4.39 Å². The van der Waals surface area contributed by atoms with Gasteiger partial charge in [0, 0.05) is 36.8 Å². The standard InChI is InChI=1S/C12H16ClFN2O.ClH/c13-10-2-1-9(12(14)5-10)7-16-3-4-17-11(6-15)8-16;/h1-2,5,11H,3-4,6-8,15H2;1H. The molecule has 2 rings (SSSR count). The van der Waals surface area contributed by atoms with Crippen molar-refractivity contribution < 1.29 is 9.13 Å². The molecule has 3 nitrogen and oxygen atoms in total. The molecule has 2 N–H and O–H groups in total. The first-order chi connectivity index (χ1) is 8.19. The number of morpholine rings is 1. The molecule has 0 radical (unpaired) electrons. The van der Waals surface area contributed by atoms with Crippen molar-refractivity contribution in [1.29, 1.82) is 0 Å². The number of rotatable bonds is 3. The smallest absolute Gasteiger partial charge is 0.129 e. The van der Waals surface area contributed by atoms with Crippen molar-refractivity contribution in [3.8, 4) is 0 Å². The summed E-state index contributed by atoms with van der Waals surface area (Å²) in [5.41, 5.74) is 6.22. The van der Waals surface area contributed by atoms with Crippen molar-refractivity contribution in [3.63, 3.8) is 0 Å². The summed E-state index contributed by atoms with van der Waals surface area (Å²) in [6.07, 6.45) is 0.0547. The van der Waals surface area contributed by atoms with E-state index in [9.17, 15) is 4.39 Å². The Morgan fingerprint density at radius 3 is 2.94 bits per heavy atom. The average Bonchev–Trinajstić information content (AvgIpc) is 2.33. The molecule has 0 saturated carbocycles. The highest BCUT2D eigenvalue weighted by molar-refractivity contribution is 6.30. The SMILES string of the molecule is Cl.NCC1CN(Cc2ccc(Cl)cc2F)CCO1. The second-order valence-electron chi connectivity index (χ2n) is 4.20. The minimum absolute atomic E-state index is 0. The summed E-state index contributed by atoms with van der Waals surface area (Å²) < 4.78 is 19.1. The molecule has 1 atom stereocenters. The minimum atomic E-state index is -0.256. The molecule has 1 heterocycles. The maximum Gasteiger partial charge on any atom is 0.129 e. The molecular weight excluding hydrogens is 278 g/mol. The molecule has 1 aromatic rings. The lowest BCUT2D eigenvalue weighted by atomic mass is 10.1. The molecule has 102 valence electrons. The first kappa shape index (κ1) is 15.7. The van der Waals surface area contributed by atoms with E-state index in [0.717, 1.165) is 13.1 Å². The second kappa shape index (κ2) is 7.26. The van der Waals surface area contributed by atoms with Gasteiger partial charge in [-0.3, -0.25) is 4.90 Å². The van der Waals surface area contributed by atoms with Crippen LogP contribution in [0.25, 0.3) is 0 Å². The fourth-order valence-electron chi connectivity index (χ4n) is 1.96. The molecule has 0 aromatic heterocycles. The summed E-state index contributed by atoms with van der Waals surface area (Å²) in [6.45, 7) is 3.27. The predicted molar refractivity (Wildman–Crippen MR) is 72.7 cm³/mol. The van der Waals surface area contributed by atoms with Gasteiger partial charge in [0.15, 0.2) is 0 Å². The number of benzene rings is 1. The van der Waals surface area contributed by atoms with Gasteiger partial charge in [-0.1, -0.05) is 17.7 Å². The van der Waals surface area contributed by atoms with Crippen molar-refractivity contribution in [2.75, 3.05) is 26.2 Å². The summed E-state index contributed by atoms with van der Waals surface area (Å²) in [5, 5.41) is 0.424. The number of hydrogen-bond acceptors (Lipinski definition) is 3. The van der Waals surface area contributed by atoms with Gasteiger partial charge in [0.2, 0.25) is 0 Å². The van der Waals surface area contributed by atoms with E-state index >= 15 is 0 Å². The molecule has 18 heavy (non-hydrogen) atoms. The molecule has 0 aliphatic carbocycles. The van der Waals surface area contributed by atoms with E-state index in [1.165, 1.54) is 6.07 Å². The maximum atomic E-state index is 13.6. The van der Waals surface area contributed by atoms with Crippen LogP contribution in [-0.2, 0) is 11.3 Å². The summed E-state index contributed by atoms with van der Waals surface area (Å²) in [5.74, 6) is -0.256. The Balaban J connectivity index is 0.00000162. The highest BCUT2D eigenvalue weighted by Crippen LogP contribution is 2.17. The number of nitrogens with two attached hydrogens (primary N) is 1. The van der Waals surface area contributed by atoms with Crippen LogP contribution in [0.15, 0.2) is 18.2 Å². The van der Waals surface area contributed by atoms with E-state index < -0.39 is 0 Å². The molecule has 1 aromatic carbocycles. The van der Waals surface area contributed by atoms with Gasteiger partial charge in [-0.25, -0.2) is 4.39 Å². The third-order valence-electron chi connectivity index (χ3n) is 2.89. The van der Waals surface area contributed by atoms with Gasteiger partial charge in [0.25, 0.3) is 0 Å². The molecule has 0 amide bonds. The van der Waals surface area contributed by atoms with E-state index in [1.54, 1.807) is 12.1 Å². The fourth-order valence-corrected chi connectivity index (χ4v) is 2.12. The third kappa shape index (κ3) is 4.07. The summed E-state index contributed by atoms with van der Waals surface area (Å²) in [6, 6.07) is 4.78. The van der Waals surface area contributed by atoms with Crippen molar-refractivity contribution in [3.05, 3.63) is 34.6 Å². The Morgan fingerprint density at radius 1 is 1.50 bits per heavy atom. The molecule has 0 bridgehead atoms. The van der Waals surface area contributed by atoms with Crippen LogP contribution in [0, 0.1) is 5.82 Å². The number of nitrogens with zero attached hydrogens (tertiary/aromatic N) is 1. The largest absolute Gasteiger partial charge is 0.374 e. The summed E-state index contributed by atoms with van der Waals surface area (Å²) in [7, 11) is 0.